The highest BCUT2D eigenvalue weighted by Crippen LogP contribution is 2.21. The van der Waals surface area contributed by atoms with Crippen LogP contribution in [-0.2, 0) is 16.4 Å². The lowest BCUT2D eigenvalue weighted by Crippen LogP contribution is -2.14. The van der Waals surface area contributed by atoms with Crippen molar-refractivity contribution in [3.8, 4) is 0 Å². The van der Waals surface area contributed by atoms with Crippen molar-refractivity contribution in [3.05, 3.63) is 52.8 Å². The van der Waals surface area contributed by atoms with Crippen molar-refractivity contribution < 1.29 is 8.42 Å². The lowest BCUT2D eigenvalue weighted by molar-refractivity contribution is 0.585. The van der Waals surface area contributed by atoms with Gasteiger partial charge in [0.05, 0.1) is 4.90 Å². The van der Waals surface area contributed by atoms with Crippen LogP contribution in [0.5, 0.6) is 0 Å². The molecule has 0 saturated carbocycles. The minimum Gasteiger partial charge on any atom is -0.245 e. The zero-order chi connectivity index (χ0) is 12.5. The van der Waals surface area contributed by atoms with Crippen LogP contribution in [0.4, 0.5) is 0 Å². The largest absolute Gasteiger partial charge is 0.267 e. The van der Waals surface area contributed by atoms with E-state index >= 15 is 0 Å². The number of hydrogen-bond donors (Lipinski definition) is 0. The molecular formula is C12H12BrNO2S. The number of benzene rings is 1. The van der Waals surface area contributed by atoms with Crippen LogP contribution in [0.3, 0.4) is 0 Å². The first-order valence-corrected chi connectivity index (χ1v) is 7.46. The highest BCUT2D eigenvalue weighted by Gasteiger charge is 2.19. The summed E-state index contributed by atoms with van der Waals surface area (Å²) in [7, 11) is -3.47. The number of hydrogen-bond acceptors (Lipinski definition) is 2. The molecule has 3 nitrogen and oxygen atoms in total. The molecule has 0 N–H and O–H groups in total. The monoisotopic (exact) mass is 313 g/mol. The molecule has 0 aliphatic rings. The van der Waals surface area contributed by atoms with E-state index in [0.29, 0.717) is 11.3 Å². The minimum atomic E-state index is -3.47. The normalized spacial score (nSPS) is 11.6. The highest BCUT2D eigenvalue weighted by molar-refractivity contribution is 9.10. The maximum Gasteiger partial charge on any atom is 0.267 e. The second-order valence-corrected chi connectivity index (χ2v) is 6.35. The molecule has 0 spiro atoms. The lowest BCUT2D eigenvalue weighted by Gasteiger charge is -2.08. The summed E-state index contributed by atoms with van der Waals surface area (Å²) >= 11 is 3.30. The number of aryl methyl sites for hydroxylation is 1. The van der Waals surface area contributed by atoms with Gasteiger partial charge in [0.15, 0.2) is 0 Å². The maximum atomic E-state index is 12.4. The molecule has 0 bridgehead atoms. The molecule has 1 aromatic heterocycles. The van der Waals surface area contributed by atoms with Gasteiger partial charge in [-0.1, -0.05) is 25.1 Å². The van der Waals surface area contributed by atoms with Gasteiger partial charge in [-0.3, -0.25) is 0 Å². The standard InChI is InChI=1S/C12H12BrNO2S/c1-2-11-8-10(13)9-14(11)17(15,16)12-6-4-3-5-7-12/h3-9H,2H2,1H3. The Kier molecular flexibility index (Phi) is 3.40. The van der Waals surface area contributed by atoms with E-state index in [1.165, 1.54) is 3.97 Å². The van der Waals surface area contributed by atoms with Gasteiger partial charge in [-0.15, -0.1) is 0 Å². The van der Waals surface area contributed by atoms with Gasteiger partial charge in [0.1, 0.15) is 0 Å². The Labute approximate surface area is 109 Å². The average molecular weight is 314 g/mol. The summed E-state index contributed by atoms with van der Waals surface area (Å²) in [6.45, 7) is 1.93. The van der Waals surface area contributed by atoms with Crippen LogP contribution in [0.1, 0.15) is 12.6 Å². The fourth-order valence-electron chi connectivity index (χ4n) is 1.64. The predicted molar refractivity (Wildman–Crippen MR) is 70.5 cm³/mol. The number of aromatic nitrogens is 1. The summed E-state index contributed by atoms with van der Waals surface area (Å²) in [6.07, 6.45) is 2.25. The maximum absolute atomic E-state index is 12.4. The third kappa shape index (κ3) is 2.30. The van der Waals surface area contributed by atoms with Gasteiger partial charge in [0, 0.05) is 16.4 Å². The molecule has 0 unspecified atom stereocenters. The molecule has 0 aliphatic heterocycles. The fourth-order valence-corrected chi connectivity index (χ4v) is 3.72. The van der Waals surface area contributed by atoms with Crippen LogP contribution in [0.2, 0.25) is 0 Å². The first-order chi connectivity index (χ1) is 8.05. The molecule has 2 rings (SSSR count). The van der Waals surface area contributed by atoms with Gasteiger partial charge in [0.25, 0.3) is 10.0 Å². The van der Waals surface area contributed by atoms with Crippen molar-refractivity contribution in [1.82, 2.24) is 3.97 Å². The van der Waals surface area contributed by atoms with Crippen molar-refractivity contribution in [2.24, 2.45) is 0 Å². The summed E-state index contributed by atoms with van der Waals surface area (Å²) in [5.74, 6) is 0. The molecule has 1 heterocycles. The summed E-state index contributed by atoms with van der Waals surface area (Å²) < 4.78 is 26.8. The lowest BCUT2D eigenvalue weighted by atomic mass is 10.3. The Morgan fingerprint density at radius 2 is 1.88 bits per heavy atom. The minimum absolute atomic E-state index is 0.304. The van der Waals surface area contributed by atoms with Gasteiger partial charge >= 0.3 is 0 Å². The van der Waals surface area contributed by atoms with Gasteiger partial charge < -0.3 is 0 Å². The summed E-state index contributed by atoms with van der Waals surface area (Å²) in [5.41, 5.74) is 0.765. The van der Waals surface area contributed by atoms with Crippen molar-refractivity contribution in [2.45, 2.75) is 18.2 Å². The van der Waals surface area contributed by atoms with E-state index in [4.69, 9.17) is 0 Å². The molecule has 0 fully saturated rings. The van der Waals surface area contributed by atoms with Gasteiger partial charge in [-0.05, 0) is 40.5 Å². The Hall–Kier alpha value is -1.07. The predicted octanol–water partition coefficient (Wildman–Crippen LogP) is 3.05. The number of nitrogens with zero attached hydrogens (tertiary/aromatic N) is 1. The second kappa shape index (κ2) is 4.66. The molecule has 5 heteroatoms. The Morgan fingerprint density at radius 1 is 1.24 bits per heavy atom. The van der Waals surface area contributed by atoms with E-state index in [0.717, 1.165) is 10.2 Å². The zero-order valence-corrected chi connectivity index (χ0v) is 11.7. The smallest absolute Gasteiger partial charge is 0.245 e. The van der Waals surface area contributed by atoms with Crippen LogP contribution in [0, 0.1) is 0 Å². The molecule has 0 radical (unpaired) electrons. The highest BCUT2D eigenvalue weighted by atomic mass is 79.9. The Morgan fingerprint density at radius 3 is 2.47 bits per heavy atom. The quantitative estimate of drug-likeness (QED) is 0.873. The molecule has 0 amide bonds. The van der Waals surface area contributed by atoms with Crippen molar-refractivity contribution in [1.29, 1.82) is 0 Å². The molecule has 17 heavy (non-hydrogen) atoms. The molecular weight excluding hydrogens is 302 g/mol. The van der Waals surface area contributed by atoms with Crippen LogP contribution in [-0.4, -0.2) is 12.4 Å². The molecule has 0 atom stereocenters. The third-order valence-electron chi connectivity index (χ3n) is 2.49. The number of rotatable bonds is 3. The SMILES string of the molecule is CCc1cc(Br)cn1S(=O)(=O)c1ccccc1. The summed E-state index contributed by atoms with van der Waals surface area (Å²) in [6, 6.07) is 10.3. The molecule has 0 aliphatic carbocycles. The molecule has 0 saturated heterocycles. The summed E-state index contributed by atoms with van der Waals surface area (Å²) in [5, 5.41) is 0. The van der Waals surface area contributed by atoms with Crippen LogP contribution in [0.15, 0.2) is 52.0 Å². The zero-order valence-electron chi connectivity index (χ0n) is 9.30. The van der Waals surface area contributed by atoms with E-state index in [9.17, 15) is 8.42 Å². The van der Waals surface area contributed by atoms with Gasteiger partial charge in [0.2, 0.25) is 0 Å². The molecule has 90 valence electrons. The average Bonchev–Trinajstić information content (AvgIpc) is 2.72. The topological polar surface area (TPSA) is 39.1 Å². The molecule has 1 aromatic carbocycles. The van der Waals surface area contributed by atoms with Crippen LogP contribution in [0.25, 0.3) is 0 Å². The second-order valence-electron chi connectivity index (χ2n) is 3.62. The van der Waals surface area contributed by atoms with Crippen molar-refractivity contribution >= 4 is 26.0 Å². The number of halogens is 1. The van der Waals surface area contributed by atoms with Crippen molar-refractivity contribution in [2.75, 3.05) is 0 Å². The first kappa shape index (κ1) is 12.4. The van der Waals surface area contributed by atoms with E-state index in [-0.39, 0.29) is 0 Å². The van der Waals surface area contributed by atoms with E-state index < -0.39 is 10.0 Å². The fraction of sp³-hybridized carbons (Fsp3) is 0.167. The molecule has 2 aromatic rings. The van der Waals surface area contributed by atoms with Crippen LogP contribution >= 0.6 is 15.9 Å². The summed E-state index contributed by atoms with van der Waals surface area (Å²) in [4.78, 5) is 0.304. The Balaban J connectivity index is 2.60. The van der Waals surface area contributed by atoms with Crippen molar-refractivity contribution in [3.63, 3.8) is 0 Å². The Bertz CT molecular complexity index is 617. The van der Waals surface area contributed by atoms with Gasteiger partial charge in [-0.25, -0.2) is 12.4 Å². The van der Waals surface area contributed by atoms with E-state index in [1.54, 1.807) is 36.5 Å². The van der Waals surface area contributed by atoms with E-state index in [2.05, 4.69) is 15.9 Å². The van der Waals surface area contributed by atoms with Gasteiger partial charge in [-0.2, -0.15) is 0 Å². The van der Waals surface area contributed by atoms with Crippen LogP contribution < -0.4 is 0 Å². The third-order valence-corrected chi connectivity index (χ3v) is 4.65. The first-order valence-electron chi connectivity index (χ1n) is 5.23. The van der Waals surface area contributed by atoms with E-state index in [1.807, 2.05) is 13.0 Å².